The second-order valence-electron chi connectivity index (χ2n) is 6.54. The Bertz CT molecular complexity index is 802. The van der Waals surface area contributed by atoms with Gasteiger partial charge in [-0.25, -0.2) is 0 Å². The first-order valence-corrected chi connectivity index (χ1v) is 9.99. The van der Waals surface area contributed by atoms with Gasteiger partial charge < -0.3 is 15.0 Å². The average molecular weight is 431 g/mol. The van der Waals surface area contributed by atoms with Crippen LogP contribution in [0.2, 0.25) is 0 Å². The normalized spacial score (nSPS) is 14.3. The maximum Gasteiger partial charge on any atom is 0.260 e. The van der Waals surface area contributed by atoms with Gasteiger partial charge in [-0.1, -0.05) is 47.0 Å². The molecule has 2 amide bonds. The van der Waals surface area contributed by atoms with Crippen LogP contribution in [-0.2, 0) is 4.79 Å². The van der Waals surface area contributed by atoms with Gasteiger partial charge in [0.1, 0.15) is 5.75 Å². The molecule has 1 aliphatic heterocycles. The summed E-state index contributed by atoms with van der Waals surface area (Å²) in [6, 6.07) is 14.4. The number of ether oxygens (including phenoxy) is 1. The first-order chi connectivity index (χ1) is 13.1. The molecule has 0 unspecified atom stereocenters. The number of nitrogens with zero attached hydrogens (tertiary/aromatic N) is 1. The third-order valence-corrected chi connectivity index (χ3v) is 5.02. The fourth-order valence-corrected chi connectivity index (χ4v) is 3.49. The van der Waals surface area contributed by atoms with Gasteiger partial charge in [0.05, 0.1) is 5.56 Å². The summed E-state index contributed by atoms with van der Waals surface area (Å²) in [5.41, 5.74) is 1.09. The summed E-state index contributed by atoms with van der Waals surface area (Å²) in [7, 11) is 0. The van der Waals surface area contributed by atoms with E-state index in [-0.39, 0.29) is 18.4 Å². The molecule has 2 aromatic carbocycles. The van der Waals surface area contributed by atoms with Gasteiger partial charge in [-0.2, -0.15) is 0 Å². The molecular formula is C21H23BrN2O3. The molecule has 27 heavy (non-hydrogen) atoms. The maximum atomic E-state index is 12.6. The van der Waals surface area contributed by atoms with Crippen molar-refractivity contribution in [3.05, 3.63) is 58.6 Å². The summed E-state index contributed by atoms with van der Waals surface area (Å²) in [4.78, 5) is 26.9. The Hall–Kier alpha value is -2.34. The zero-order chi connectivity index (χ0) is 19.1. The molecule has 0 atom stereocenters. The highest BCUT2D eigenvalue weighted by Gasteiger charge is 2.18. The van der Waals surface area contributed by atoms with Gasteiger partial charge in [-0.05, 0) is 43.2 Å². The highest BCUT2D eigenvalue weighted by atomic mass is 79.9. The Morgan fingerprint density at radius 3 is 2.48 bits per heavy atom. The van der Waals surface area contributed by atoms with E-state index in [0.717, 1.165) is 30.4 Å². The molecule has 1 N–H and O–H groups in total. The number of hydrogen-bond acceptors (Lipinski definition) is 3. The lowest BCUT2D eigenvalue weighted by Gasteiger charge is -2.20. The molecule has 2 aromatic rings. The number of benzene rings is 2. The molecule has 1 fully saturated rings. The largest absolute Gasteiger partial charge is 0.483 e. The second-order valence-corrected chi connectivity index (χ2v) is 7.46. The molecule has 5 nitrogen and oxygen atoms in total. The minimum absolute atomic E-state index is 0.0286. The van der Waals surface area contributed by atoms with E-state index in [4.69, 9.17) is 4.74 Å². The number of hydrogen-bond donors (Lipinski definition) is 1. The van der Waals surface area contributed by atoms with E-state index in [9.17, 15) is 9.59 Å². The fraction of sp³-hybridized carbons (Fsp3) is 0.333. The molecule has 0 saturated carbocycles. The summed E-state index contributed by atoms with van der Waals surface area (Å²) in [6.45, 7) is 1.52. The van der Waals surface area contributed by atoms with Crippen LogP contribution >= 0.6 is 15.9 Å². The Morgan fingerprint density at radius 1 is 1.00 bits per heavy atom. The summed E-state index contributed by atoms with van der Waals surface area (Å²) >= 11 is 3.39. The van der Waals surface area contributed by atoms with Crippen molar-refractivity contribution in [3.8, 4) is 5.75 Å². The van der Waals surface area contributed by atoms with Crippen LogP contribution in [0.25, 0.3) is 0 Å². The lowest BCUT2D eigenvalue weighted by atomic mass is 10.2. The van der Waals surface area contributed by atoms with Crippen molar-refractivity contribution in [1.29, 1.82) is 0 Å². The zero-order valence-corrected chi connectivity index (χ0v) is 16.7. The van der Waals surface area contributed by atoms with Crippen molar-refractivity contribution in [1.82, 2.24) is 4.90 Å². The molecule has 6 heteroatoms. The summed E-state index contributed by atoms with van der Waals surface area (Å²) < 4.78 is 6.60. The number of anilines is 1. The zero-order valence-electron chi connectivity index (χ0n) is 15.1. The van der Waals surface area contributed by atoms with Crippen LogP contribution in [0.1, 0.15) is 36.0 Å². The van der Waals surface area contributed by atoms with Crippen LogP contribution in [0.3, 0.4) is 0 Å². The third kappa shape index (κ3) is 5.57. The predicted octanol–water partition coefficient (Wildman–Crippen LogP) is 4.48. The number of para-hydroxylation sites is 1. The number of carbonyl (C=O) groups is 2. The number of amides is 2. The van der Waals surface area contributed by atoms with Crippen molar-refractivity contribution in [2.24, 2.45) is 0 Å². The first-order valence-electron chi connectivity index (χ1n) is 9.20. The van der Waals surface area contributed by atoms with E-state index >= 15 is 0 Å². The molecule has 1 heterocycles. The molecule has 142 valence electrons. The highest BCUT2D eigenvalue weighted by molar-refractivity contribution is 9.10. The highest BCUT2D eigenvalue weighted by Crippen LogP contribution is 2.21. The minimum Gasteiger partial charge on any atom is -0.483 e. The van der Waals surface area contributed by atoms with Gasteiger partial charge in [0.25, 0.3) is 11.8 Å². The van der Waals surface area contributed by atoms with E-state index < -0.39 is 0 Å². The molecule has 1 aliphatic rings. The number of carbonyl (C=O) groups excluding carboxylic acids is 2. The van der Waals surface area contributed by atoms with Crippen molar-refractivity contribution in [2.75, 3.05) is 25.0 Å². The lowest BCUT2D eigenvalue weighted by Crippen LogP contribution is -2.35. The smallest absolute Gasteiger partial charge is 0.260 e. The van der Waals surface area contributed by atoms with Crippen LogP contribution in [0.4, 0.5) is 5.69 Å². The Balaban J connectivity index is 1.64. The van der Waals surface area contributed by atoms with Gasteiger partial charge in [0.2, 0.25) is 0 Å². The molecule has 0 aliphatic carbocycles. The van der Waals surface area contributed by atoms with Gasteiger partial charge in [-0.15, -0.1) is 0 Å². The third-order valence-electron chi connectivity index (χ3n) is 4.52. The SMILES string of the molecule is O=C(Nc1cccc(Br)c1)c1ccccc1OCC(=O)N1CCCCCC1. The standard InChI is InChI=1S/C21H23BrN2O3/c22-16-8-7-9-17(14-16)23-21(26)18-10-3-4-11-19(18)27-15-20(25)24-12-5-1-2-6-13-24/h3-4,7-11,14H,1-2,5-6,12-13,15H2,(H,23,26). The van der Waals surface area contributed by atoms with E-state index in [1.807, 2.05) is 29.2 Å². The van der Waals surface area contributed by atoms with Crippen LogP contribution in [0.5, 0.6) is 5.75 Å². The summed E-state index contributed by atoms with van der Waals surface area (Å²) in [5.74, 6) is 0.109. The van der Waals surface area contributed by atoms with Crippen LogP contribution < -0.4 is 10.1 Å². The topological polar surface area (TPSA) is 58.6 Å². The van der Waals surface area contributed by atoms with Gasteiger partial charge >= 0.3 is 0 Å². The minimum atomic E-state index is -0.272. The molecule has 0 aromatic heterocycles. The summed E-state index contributed by atoms with van der Waals surface area (Å²) in [5, 5.41) is 2.85. The molecule has 0 radical (unpaired) electrons. The molecule has 1 saturated heterocycles. The molecule has 3 rings (SSSR count). The molecule has 0 spiro atoms. The Kier molecular flexibility index (Phi) is 6.87. The molecule has 0 bridgehead atoms. The lowest BCUT2D eigenvalue weighted by molar-refractivity contribution is -0.133. The number of halogens is 1. The van der Waals surface area contributed by atoms with Gasteiger partial charge in [0, 0.05) is 23.2 Å². The number of nitrogens with one attached hydrogen (secondary N) is 1. The van der Waals surface area contributed by atoms with E-state index in [2.05, 4.69) is 21.2 Å². The Labute approximate surface area is 167 Å². The first kappa shape index (κ1) is 19.4. The monoisotopic (exact) mass is 430 g/mol. The van der Waals surface area contributed by atoms with E-state index in [0.29, 0.717) is 17.0 Å². The van der Waals surface area contributed by atoms with Gasteiger partial charge in [-0.3, -0.25) is 9.59 Å². The summed E-state index contributed by atoms with van der Waals surface area (Å²) in [6.07, 6.45) is 4.42. The van der Waals surface area contributed by atoms with Crippen molar-refractivity contribution in [2.45, 2.75) is 25.7 Å². The number of likely N-dealkylation sites (tertiary alicyclic amines) is 1. The van der Waals surface area contributed by atoms with Gasteiger partial charge in [0.15, 0.2) is 6.61 Å². The maximum absolute atomic E-state index is 12.6. The van der Waals surface area contributed by atoms with E-state index in [1.165, 1.54) is 12.8 Å². The Morgan fingerprint density at radius 2 is 1.74 bits per heavy atom. The van der Waals surface area contributed by atoms with Crippen molar-refractivity contribution in [3.63, 3.8) is 0 Å². The van der Waals surface area contributed by atoms with E-state index in [1.54, 1.807) is 24.3 Å². The predicted molar refractivity (Wildman–Crippen MR) is 109 cm³/mol. The van der Waals surface area contributed by atoms with Crippen LogP contribution in [-0.4, -0.2) is 36.4 Å². The van der Waals surface area contributed by atoms with Crippen molar-refractivity contribution >= 4 is 33.4 Å². The quantitative estimate of drug-likeness (QED) is 0.760. The van der Waals surface area contributed by atoms with Crippen LogP contribution in [0.15, 0.2) is 53.0 Å². The fourth-order valence-electron chi connectivity index (χ4n) is 3.10. The van der Waals surface area contributed by atoms with Crippen LogP contribution in [0, 0.1) is 0 Å². The van der Waals surface area contributed by atoms with Crippen molar-refractivity contribution < 1.29 is 14.3 Å². The average Bonchev–Trinajstić information content (AvgIpc) is 2.96. The number of rotatable bonds is 5. The molecular weight excluding hydrogens is 408 g/mol. The second kappa shape index (κ2) is 9.55.